The van der Waals surface area contributed by atoms with E-state index >= 15 is 0 Å². The zero-order valence-corrected chi connectivity index (χ0v) is 12.3. The van der Waals surface area contributed by atoms with E-state index in [4.69, 9.17) is 17.3 Å². The summed E-state index contributed by atoms with van der Waals surface area (Å²) in [4.78, 5) is 18.8. The second kappa shape index (κ2) is 5.74. The van der Waals surface area contributed by atoms with E-state index in [1.807, 2.05) is 23.2 Å². The van der Waals surface area contributed by atoms with E-state index in [-0.39, 0.29) is 11.9 Å². The Kier molecular flexibility index (Phi) is 3.80. The number of nitrogens with two attached hydrogens (primary N) is 1. The number of hydrogen-bond donors (Lipinski definition) is 1. The van der Waals surface area contributed by atoms with Gasteiger partial charge in [0.1, 0.15) is 0 Å². The molecule has 3 rings (SSSR count). The summed E-state index contributed by atoms with van der Waals surface area (Å²) in [5.41, 5.74) is 7.81. The third-order valence-corrected chi connectivity index (χ3v) is 4.12. The van der Waals surface area contributed by atoms with Crippen molar-refractivity contribution in [2.45, 2.75) is 18.9 Å². The molecule has 0 bridgehead atoms. The van der Waals surface area contributed by atoms with Gasteiger partial charge in [0.15, 0.2) is 0 Å². The molecule has 1 aromatic heterocycles. The Labute approximate surface area is 128 Å². The van der Waals surface area contributed by atoms with E-state index in [0.29, 0.717) is 16.3 Å². The number of aromatic nitrogens is 1. The fourth-order valence-corrected chi connectivity index (χ4v) is 3.06. The van der Waals surface area contributed by atoms with Crippen molar-refractivity contribution in [2.24, 2.45) is 0 Å². The van der Waals surface area contributed by atoms with Crippen LogP contribution in [0.25, 0.3) is 0 Å². The summed E-state index contributed by atoms with van der Waals surface area (Å²) in [7, 11) is 0. The molecule has 2 heterocycles. The highest BCUT2D eigenvalue weighted by molar-refractivity contribution is 6.34. The Morgan fingerprint density at radius 1 is 1.38 bits per heavy atom. The van der Waals surface area contributed by atoms with Gasteiger partial charge in [0.05, 0.1) is 16.6 Å². The average molecular weight is 302 g/mol. The smallest absolute Gasteiger partial charge is 0.255 e. The van der Waals surface area contributed by atoms with Crippen molar-refractivity contribution in [3.8, 4) is 0 Å². The van der Waals surface area contributed by atoms with Crippen molar-refractivity contribution in [3.63, 3.8) is 0 Å². The minimum Gasteiger partial charge on any atom is -0.399 e. The molecule has 4 nitrogen and oxygen atoms in total. The maximum Gasteiger partial charge on any atom is 0.255 e. The number of carbonyl (C=O) groups excluding carboxylic acids is 1. The molecule has 0 aliphatic carbocycles. The van der Waals surface area contributed by atoms with E-state index in [2.05, 4.69) is 4.98 Å². The maximum absolute atomic E-state index is 12.7. The Hall–Kier alpha value is -2.07. The number of likely N-dealkylation sites (tertiary alicyclic amines) is 1. The first kappa shape index (κ1) is 13.9. The fraction of sp³-hybridized carbons (Fsp3) is 0.250. The summed E-state index contributed by atoms with van der Waals surface area (Å²) >= 11 is 6.16. The Bertz CT molecular complexity index is 660. The SMILES string of the molecule is Nc1ccc(C(=O)N2CCCC2c2cccnc2)c(Cl)c1. The fourth-order valence-electron chi connectivity index (χ4n) is 2.79. The number of anilines is 1. The lowest BCUT2D eigenvalue weighted by Crippen LogP contribution is -2.30. The second-order valence-corrected chi connectivity index (χ2v) is 5.59. The van der Waals surface area contributed by atoms with Gasteiger partial charge in [0.2, 0.25) is 0 Å². The van der Waals surface area contributed by atoms with Crippen molar-refractivity contribution in [1.82, 2.24) is 9.88 Å². The van der Waals surface area contributed by atoms with Crippen molar-refractivity contribution >= 4 is 23.2 Å². The number of carbonyl (C=O) groups is 1. The van der Waals surface area contributed by atoms with Crippen molar-refractivity contribution in [2.75, 3.05) is 12.3 Å². The van der Waals surface area contributed by atoms with Crippen LogP contribution in [-0.2, 0) is 0 Å². The Balaban J connectivity index is 1.90. The molecule has 1 aliphatic heterocycles. The lowest BCUT2D eigenvalue weighted by Gasteiger charge is -2.25. The monoisotopic (exact) mass is 301 g/mol. The summed E-state index contributed by atoms with van der Waals surface area (Å²) in [5, 5.41) is 0.400. The van der Waals surface area contributed by atoms with Crippen LogP contribution in [0.1, 0.15) is 34.8 Å². The summed E-state index contributed by atoms with van der Waals surface area (Å²) < 4.78 is 0. The standard InChI is InChI=1S/C16H16ClN3O/c17-14-9-12(18)5-6-13(14)16(21)20-8-2-4-15(20)11-3-1-7-19-10-11/h1,3,5-7,9-10,15H,2,4,8,18H2. The van der Waals surface area contributed by atoms with Crippen LogP contribution in [0.2, 0.25) is 5.02 Å². The van der Waals surface area contributed by atoms with Crippen LogP contribution in [0.3, 0.4) is 0 Å². The molecule has 1 atom stereocenters. The van der Waals surface area contributed by atoms with Crippen LogP contribution in [0, 0.1) is 0 Å². The molecule has 1 saturated heterocycles. The number of nitrogens with zero attached hydrogens (tertiary/aromatic N) is 2. The largest absolute Gasteiger partial charge is 0.399 e. The predicted molar refractivity (Wildman–Crippen MR) is 83.1 cm³/mol. The minimum atomic E-state index is -0.0497. The summed E-state index contributed by atoms with van der Waals surface area (Å²) in [6.45, 7) is 0.735. The number of halogens is 1. The molecular weight excluding hydrogens is 286 g/mol. The van der Waals surface area contributed by atoms with Crippen LogP contribution in [0.5, 0.6) is 0 Å². The molecule has 108 valence electrons. The molecule has 2 aromatic rings. The van der Waals surface area contributed by atoms with E-state index in [9.17, 15) is 4.79 Å². The molecule has 2 N–H and O–H groups in total. The molecular formula is C16H16ClN3O. The zero-order chi connectivity index (χ0) is 14.8. The zero-order valence-electron chi connectivity index (χ0n) is 11.5. The van der Waals surface area contributed by atoms with Gasteiger partial charge in [0.25, 0.3) is 5.91 Å². The normalized spacial score (nSPS) is 18.0. The molecule has 1 fully saturated rings. The maximum atomic E-state index is 12.7. The number of pyridine rings is 1. The highest BCUT2D eigenvalue weighted by Crippen LogP contribution is 2.34. The number of rotatable bonds is 2. The van der Waals surface area contributed by atoms with Gasteiger partial charge in [0, 0.05) is 24.6 Å². The third-order valence-electron chi connectivity index (χ3n) is 3.81. The van der Waals surface area contributed by atoms with Gasteiger partial charge in [-0.2, -0.15) is 0 Å². The first-order valence-electron chi connectivity index (χ1n) is 6.93. The molecule has 0 spiro atoms. The van der Waals surface area contributed by atoms with E-state index < -0.39 is 0 Å². The van der Waals surface area contributed by atoms with Crippen LogP contribution in [-0.4, -0.2) is 22.3 Å². The number of amides is 1. The van der Waals surface area contributed by atoms with Gasteiger partial charge in [-0.15, -0.1) is 0 Å². The van der Waals surface area contributed by atoms with Crippen molar-refractivity contribution in [1.29, 1.82) is 0 Å². The van der Waals surface area contributed by atoms with Crippen LogP contribution in [0.15, 0.2) is 42.7 Å². The molecule has 1 unspecified atom stereocenters. The average Bonchev–Trinajstić information content (AvgIpc) is 2.97. The van der Waals surface area contributed by atoms with Crippen LogP contribution >= 0.6 is 11.6 Å². The molecule has 5 heteroatoms. The molecule has 1 aliphatic rings. The Morgan fingerprint density at radius 3 is 2.95 bits per heavy atom. The highest BCUT2D eigenvalue weighted by Gasteiger charge is 2.31. The van der Waals surface area contributed by atoms with Gasteiger partial charge in [-0.05, 0) is 42.7 Å². The summed E-state index contributed by atoms with van der Waals surface area (Å²) in [5.74, 6) is -0.0497. The minimum absolute atomic E-state index is 0.0497. The molecule has 1 amide bonds. The Morgan fingerprint density at radius 2 is 2.24 bits per heavy atom. The van der Waals surface area contributed by atoms with Crippen LogP contribution < -0.4 is 5.73 Å². The highest BCUT2D eigenvalue weighted by atomic mass is 35.5. The third kappa shape index (κ3) is 2.72. The van der Waals surface area contributed by atoms with Gasteiger partial charge in [-0.3, -0.25) is 9.78 Å². The predicted octanol–water partition coefficient (Wildman–Crippen LogP) is 3.29. The molecule has 21 heavy (non-hydrogen) atoms. The van der Waals surface area contributed by atoms with Crippen LogP contribution in [0.4, 0.5) is 5.69 Å². The summed E-state index contributed by atoms with van der Waals surface area (Å²) in [6.07, 6.45) is 5.49. The van der Waals surface area contributed by atoms with Crippen molar-refractivity contribution < 1.29 is 4.79 Å². The molecule has 0 radical (unpaired) electrons. The topological polar surface area (TPSA) is 59.2 Å². The van der Waals surface area contributed by atoms with E-state index in [1.54, 1.807) is 24.4 Å². The summed E-state index contributed by atoms with van der Waals surface area (Å²) in [6, 6.07) is 8.98. The van der Waals surface area contributed by atoms with Gasteiger partial charge >= 0.3 is 0 Å². The first-order chi connectivity index (χ1) is 10.2. The lowest BCUT2D eigenvalue weighted by molar-refractivity contribution is 0.0735. The number of benzene rings is 1. The van der Waals surface area contributed by atoms with Crippen molar-refractivity contribution in [3.05, 3.63) is 58.9 Å². The van der Waals surface area contributed by atoms with E-state index in [0.717, 1.165) is 24.9 Å². The van der Waals surface area contributed by atoms with E-state index in [1.165, 1.54) is 0 Å². The van der Waals surface area contributed by atoms with Gasteiger partial charge in [-0.25, -0.2) is 0 Å². The van der Waals surface area contributed by atoms with Gasteiger partial charge < -0.3 is 10.6 Å². The number of nitrogen functional groups attached to an aromatic ring is 1. The quantitative estimate of drug-likeness (QED) is 0.866. The lowest BCUT2D eigenvalue weighted by atomic mass is 10.1. The number of hydrogen-bond acceptors (Lipinski definition) is 3. The first-order valence-corrected chi connectivity index (χ1v) is 7.30. The molecule has 1 aromatic carbocycles. The second-order valence-electron chi connectivity index (χ2n) is 5.18. The molecule has 0 saturated carbocycles. The van der Waals surface area contributed by atoms with Gasteiger partial charge in [-0.1, -0.05) is 17.7 Å².